The lowest BCUT2D eigenvalue weighted by atomic mass is 10.2. The Hall–Kier alpha value is -3.65. The number of nitrogens with zero attached hydrogens (tertiary/aromatic N) is 1. The van der Waals surface area contributed by atoms with Crippen LogP contribution in [-0.4, -0.2) is 25.6 Å². The Labute approximate surface area is 168 Å². The minimum absolute atomic E-state index is 0.143. The number of benzene rings is 3. The Bertz CT molecular complexity index is 1120. The maximum absolute atomic E-state index is 12.4. The molecule has 3 N–H and O–H groups in total. The van der Waals surface area contributed by atoms with Crippen LogP contribution in [0, 0.1) is 6.92 Å². The Balaban J connectivity index is 1.62. The zero-order chi connectivity index (χ0) is 20.9. The molecule has 148 valence electrons. The number of phenolic OH excluding ortho intramolecular Hbond substituents is 1. The average Bonchev–Trinajstić information content (AvgIpc) is 2.70. The molecular weight excluding hydrogens is 390 g/mol. The van der Waals surface area contributed by atoms with Crippen molar-refractivity contribution in [3.63, 3.8) is 0 Å². The molecule has 0 aromatic heterocycles. The summed E-state index contributed by atoms with van der Waals surface area (Å²) in [7, 11) is -3.70. The first-order chi connectivity index (χ1) is 13.8. The van der Waals surface area contributed by atoms with Gasteiger partial charge in [-0.15, -0.1) is 0 Å². The van der Waals surface area contributed by atoms with E-state index < -0.39 is 15.9 Å². The summed E-state index contributed by atoms with van der Waals surface area (Å²) in [5, 5.41) is 13.1. The van der Waals surface area contributed by atoms with Crippen molar-refractivity contribution in [3.8, 4) is 5.75 Å². The monoisotopic (exact) mass is 409 g/mol. The molecule has 7 nitrogen and oxygen atoms in total. The molecule has 29 heavy (non-hydrogen) atoms. The Morgan fingerprint density at radius 3 is 2.17 bits per heavy atom. The number of aryl methyl sites for hydroxylation is 1. The number of phenols is 1. The van der Waals surface area contributed by atoms with Crippen LogP contribution in [-0.2, 0) is 10.0 Å². The molecule has 0 spiro atoms. The van der Waals surface area contributed by atoms with Gasteiger partial charge in [0.05, 0.1) is 11.1 Å². The van der Waals surface area contributed by atoms with E-state index in [4.69, 9.17) is 0 Å². The van der Waals surface area contributed by atoms with Crippen LogP contribution in [0.15, 0.2) is 82.8 Å². The summed E-state index contributed by atoms with van der Waals surface area (Å²) in [6.07, 6.45) is 1.45. The molecule has 0 radical (unpaired) electrons. The lowest BCUT2D eigenvalue weighted by Crippen LogP contribution is -2.18. The summed E-state index contributed by atoms with van der Waals surface area (Å²) in [6.45, 7) is 1.88. The largest absolute Gasteiger partial charge is 0.508 e. The van der Waals surface area contributed by atoms with Crippen LogP contribution < -0.4 is 10.1 Å². The highest BCUT2D eigenvalue weighted by atomic mass is 32.2. The van der Waals surface area contributed by atoms with Crippen molar-refractivity contribution in [2.45, 2.75) is 11.8 Å². The highest BCUT2D eigenvalue weighted by Crippen LogP contribution is 2.17. The zero-order valence-corrected chi connectivity index (χ0v) is 16.3. The SMILES string of the molecule is Cc1ccc(S(=O)(=O)Nc2ccc(C(=O)N/N=C\c3ccc(O)cc3)cc2)cc1. The second kappa shape index (κ2) is 8.57. The molecule has 0 unspecified atom stereocenters. The summed E-state index contributed by atoms with van der Waals surface area (Å²) in [4.78, 5) is 12.3. The molecule has 0 heterocycles. The summed E-state index contributed by atoms with van der Waals surface area (Å²) in [6, 6.07) is 18.9. The smallest absolute Gasteiger partial charge is 0.271 e. The van der Waals surface area contributed by atoms with E-state index >= 15 is 0 Å². The number of nitrogens with one attached hydrogen (secondary N) is 2. The van der Waals surface area contributed by atoms with Crippen LogP contribution in [0.25, 0.3) is 0 Å². The van der Waals surface area contributed by atoms with E-state index in [0.29, 0.717) is 16.8 Å². The van der Waals surface area contributed by atoms with Crippen LogP contribution in [0.2, 0.25) is 0 Å². The third-order valence-corrected chi connectivity index (χ3v) is 5.40. The summed E-state index contributed by atoms with van der Waals surface area (Å²) < 4.78 is 27.3. The molecule has 0 atom stereocenters. The molecule has 0 aliphatic carbocycles. The number of hydrogen-bond acceptors (Lipinski definition) is 5. The second-order valence-electron chi connectivity index (χ2n) is 6.29. The van der Waals surface area contributed by atoms with Crippen LogP contribution in [0.1, 0.15) is 21.5 Å². The van der Waals surface area contributed by atoms with E-state index in [1.807, 2.05) is 6.92 Å². The molecule has 0 aliphatic rings. The van der Waals surface area contributed by atoms with Gasteiger partial charge in [-0.3, -0.25) is 9.52 Å². The van der Waals surface area contributed by atoms with Gasteiger partial charge >= 0.3 is 0 Å². The van der Waals surface area contributed by atoms with Crippen molar-refractivity contribution in [1.82, 2.24) is 5.43 Å². The number of amides is 1. The van der Waals surface area contributed by atoms with Crippen LogP contribution in [0.5, 0.6) is 5.75 Å². The van der Waals surface area contributed by atoms with Gasteiger partial charge in [0.25, 0.3) is 15.9 Å². The zero-order valence-electron chi connectivity index (χ0n) is 15.5. The fraction of sp³-hybridized carbons (Fsp3) is 0.0476. The molecule has 0 aliphatic heterocycles. The molecule has 0 bridgehead atoms. The molecule has 3 aromatic rings. The number of sulfonamides is 1. The number of hydrazone groups is 1. The fourth-order valence-corrected chi connectivity index (χ4v) is 3.47. The van der Waals surface area contributed by atoms with Crippen LogP contribution in [0.3, 0.4) is 0 Å². The third kappa shape index (κ3) is 5.43. The lowest BCUT2D eigenvalue weighted by molar-refractivity contribution is 0.0955. The predicted molar refractivity (Wildman–Crippen MR) is 112 cm³/mol. The van der Waals surface area contributed by atoms with Gasteiger partial charge in [-0.05, 0) is 73.2 Å². The van der Waals surface area contributed by atoms with Gasteiger partial charge in [-0.1, -0.05) is 17.7 Å². The van der Waals surface area contributed by atoms with Crippen molar-refractivity contribution in [2.75, 3.05) is 4.72 Å². The van der Waals surface area contributed by atoms with E-state index in [-0.39, 0.29) is 10.6 Å². The number of carbonyl (C=O) groups excluding carboxylic acids is 1. The van der Waals surface area contributed by atoms with Crippen molar-refractivity contribution in [2.24, 2.45) is 5.10 Å². The van der Waals surface area contributed by atoms with Crippen molar-refractivity contribution >= 4 is 27.8 Å². The maximum atomic E-state index is 12.4. The van der Waals surface area contributed by atoms with E-state index in [1.165, 1.54) is 54.7 Å². The van der Waals surface area contributed by atoms with Crippen molar-refractivity contribution < 1.29 is 18.3 Å². The number of hydrogen-bond donors (Lipinski definition) is 3. The lowest BCUT2D eigenvalue weighted by Gasteiger charge is -2.09. The molecular formula is C21H19N3O4S. The van der Waals surface area contributed by atoms with Crippen molar-refractivity contribution in [3.05, 3.63) is 89.5 Å². The van der Waals surface area contributed by atoms with Crippen LogP contribution in [0.4, 0.5) is 5.69 Å². The Kier molecular flexibility index (Phi) is 5.94. The highest BCUT2D eigenvalue weighted by Gasteiger charge is 2.14. The number of aromatic hydroxyl groups is 1. The highest BCUT2D eigenvalue weighted by molar-refractivity contribution is 7.92. The van der Waals surface area contributed by atoms with Crippen molar-refractivity contribution in [1.29, 1.82) is 0 Å². The first kappa shape index (κ1) is 20.1. The van der Waals surface area contributed by atoms with Gasteiger partial charge in [0.2, 0.25) is 0 Å². The molecule has 0 saturated carbocycles. The first-order valence-corrected chi connectivity index (χ1v) is 10.1. The van der Waals surface area contributed by atoms with E-state index in [2.05, 4.69) is 15.2 Å². The van der Waals surface area contributed by atoms with Gasteiger partial charge in [-0.2, -0.15) is 5.10 Å². The van der Waals surface area contributed by atoms with Gasteiger partial charge in [0.1, 0.15) is 5.75 Å². The predicted octanol–water partition coefficient (Wildman–Crippen LogP) is 3.27. The summed E-state index contributed by atoms with van der Waals surface area (Å²) in [5.41, 5.74) is 4.73. The van der Waals surface area contributed by atoms with Crippen LogP contribution >= 0.6 is 0 Å². The maximum Gasteiger partial charge on any atom is 0.271 e. The molecule has 0 fully saturated rings. The van der Waals surface area contributed by atoms with E-state index in [1.54, 1.807) is 24.3 Å². The first-order valence-electron chi connectivity index (χ1n) is 8.65. The molecule has 3 aromatic carbocycles. The van der Waals surface area contributed by atoms with Gasteiger partial charge in [-0.25, -0.2) is 13.8 Å². The topological polar surface area (TPSA) is 108 Å². The Morgan fingerprint density at radius 2 is 1.55 bits per heavy atom. The Morgan fingerprint density at radius 1 is 0.931 bits per heavy atom. The average molecular weight is 409 g/mol. The molecule has 8 heteroatoms. The quantitative estimate of drug-likeness (QED) is 0.429. The minimum atomic E-state index is -3.70. The summed E-state index contributed by atoms with van der Waals surface area (Å²) >= 11 is 0. The molecule has 1 amide bonds. The standard InChI is InChI=1S/C21H19N3O4S/c1-15-2-12-20(13-3-15)29(27,28)24-18-8-6-17(7-9-18)21(26)23-22-14-16-4-10-19(25)11-5-16/h2-14,24-25H,1H3,(H,23,26)/b22-14-. The van der Waals surface area contributed by atoms with E-state index in [0.717, 1.165) is 5.56 Å². The second-order valence-corrected chi connectivity index (χ2v) is 7.97. The van der Waals surface area contributed by atoms with Gasteiger partial charge in [0.15, 0.2) is 0 Å². The molecule has 3 rings (SSSR count). The van der Waals surface area contributed by atoms with Gasteiger partial charge in [0, 0.05) is 11.3 Å². The normalized spacial score (nSPS) is 11.3. The summed E-state index contributed by atoms with van der Waals surface area (Å²) in [5.74, 6) is -0.294. The van der Waals surface area contributed by atoms with E-state index in [9.17, 15) is 18.3 Å². The number of rotatable bonds is 6. The molecule has 0 saturated heterocycles. The van der Waals surface area contributed by atoms with Gasteiger partial charge < -0.3 is 5.11 Å². The third-order valence-electron chi connectivity index (χ3n) is 4.00. The number of anilines is 1. The number of carbonyl (C=O) groups is 1. The minimum Gasteiger partial charge on any atom is -0.508 e. The fourth-order valence-electron chi connectivity index (χ4n) is 2.41.